The maximum Gasteiger partial charge on any atom is 0.00922 e. The molecule has 1 heterocycles. The minimum absolute atomic E-state index is 0.888. The van der Waals surface area contributed by atoms with Crippen LogP contribution >= 0.6 is 0 Å². The lowest BCUT2D eigenvalue weighted by molar-refractivity contribution is 0.213. The second-order valence-corrected chi connectivity index (χ2v) is 6.13. The predicted molar refractivity (Wildman–Crippen MR) is 74.3 cm³/mol. The van der Waals surface area contributed by atoms with Crippen molar-refractivity contribution in [3.63, 3.8) is 0 Å². The summed E-state index contributed by atoms with van der Waals surface area (Å²) in [6, 6.07) is 0.888. The van der Waals surface area contributed by atoms with Gasteiger partial charge in [0.25, 0.3) is 0 Å². The molecule has 1 unspecified atom stereocenters. The number of rotatable bonds is 5. The van der Waals surface area contributed by atoms with E-state index >= 15 is 0 Å². The van der Waals surface area contributed by atoms with E-state index < -0.39 is 0 Å². The smallest absolute Gasteiger partial charge is 0.00922 e. The van der Waals surface area contributed by atoms with Gasteiger partial charge in [-0.05, 0) is 64.7 Å². The molecule has 0 bridgehead atoms. The molecule has 1 aliphatic carbocycles. The Morgan fingerprint density at radius 2 is 1.82 bits per heavy atom. The molecule has 1 atom stereocenters. The van der Waals surface area contributed by atoms with Crippen molar-refractivity contribution in [1.29, 1.82) is 0 Å². The van der Waals surface area contributed by atoms with E-state index in [4.69, 9.17) is 0 Å². The van der Waals surface area contributed by atoms with Gasteiger partial charge in [-0.15, -0.1) is 0 Å². The quantitative estimate of drug-likeness (QED) is 0.741. The summed E-state index contributed by atoms with van der Waals surface area (Å²) in [7, 11) is 2.35. The van der Waals surface area contributed by atoms with Crippen molar-refractivity contribution in [1.82, 2.24) is 10.2 Å². The molecule has 1 aliphatic heterocycles. The molecule has 1 saturated carbocycles. The molecule has 2 rings (SSSR count). The van der Waals surface area contributed by atoms with Crippen molar-refractivity contribution in [3.05, 3.63) is 0 Å². The highest BCUT2D eigenvalue weighted by Crippen LogP contribution is 2.22. The first-order valence-corrected chi connectivity index (χ1v) is 7.77. The van der Waals surface area contributed by atoms with Gasteiger partial charge >= 0.3 is 0 Å². The van der Waals surface area contributed by atoms with Gasteiger partial charge in [0.1, 0.15) is 0 Å². The van der Waals surface area contributed by atoms with Gasteiger partial charge in [0.2, 0.25) is 0 Å². The summed E-state index contributed by atoms with van der Waals surface area (Å²) < 4.78 is 0. The molecule has 2 heteroatoms. The molecule has 0 aromatic carbocycles. The molecule has 0 aromatic heterocycles. The highest BCUT2D eigenvalue weighted by molar-refractivity contribution is 4.74. The van der Waals surface area contributed by atoms with Crippen LogP contribution < -0.4 is 5.32 Å². The van der Waals surface area contributed by atoms with Gasteiger partial charge in [-0.25, -0.2) is 0 Å². The summed E-state index contributed by atoms with van der Waals surface area (Å²) in [5.74, 6) is 0.970. The molecule has 2 aliphatic rings. The third-order valence-corrected chi connectivity index (χ3v) is 4.73. The van der Waals surface area contributed by atoms with Crippen molar-refractivity contribution in [3.8, 4) is 0 Å². The Bertz CT molecular complexity index is 191. The molecule has 0 aromatic rings. The summed E-state index contributed by atoms with van der Waals surface area (Å²) in [6.45, 7) is 3.84. The highest BCUT2D eigenvalue weighted by Gasteiger charge is 2.18. The summed E-state index contributed by atoms with van der Waals surface area (Å²) in [4.78, 5) is 2.65. The minimum atomic E-state index is 0.888. The number of hydrogen-bond donors (Lipinski definition) is 1. The average Bonchev–Trinajstić information content (AvgIpc) is 2.69. The van der Waals surface area contributed by atoms with E-state index in [-0.39, 0.29) is 0 Å². The van der Waals surface area contributed by atoms with Crippen LogP contribution in [0.5, 0.6) is 0 Å². The van der Waals surface area contributed by atoms with Crippen LogP contribution in [0.3, 0.4) is 0 Å². The van der Waals surface area contributed by atoms with Gasteiger partial charge in [-0.3, -0.25) is 0 Å². The van der Waals surface area contributed by atoms with Gasteiger partial charge in [-0.2, -0.15) is 0 Å². The fourth-order valence-corrected chi connectivity index (χ4v) is 3.47. The fourth-order valence-electron chi connectivity index (χ4n) is 3.47. The monoisotopic (exact) mass is 238 g/mol. The summed E-state index contributed by atoms with van der Waals surface area (Å²) in [6.07, 6.45) is 13.0. The lowest BCUT2D eigenvalue weighted by atomic mass is 10.0. The Kier molecular flexibility index (Phi) is 5.79. The van der Waals surface area contributed by atoms with Crippen LogP contribution in [0.2, 0.25) is 0 Å². The summed E-state index contributed by atoms with van der Waals surface area (Å²) in [5.41, 5.74) is 0. The van der Waals surface area contributed by atoms with Crippen LogP contribution in [0.15, 0.2) is 0 Å². The van der Waals surface area contributed by atoms with Crippen molar-refractivity contribution in [2.24, 2.45) is 5.92 Å². The first-order valence-electron chi connectivity index (χ1n) is 7.77. The molecule has 1 N–H and O–H groups in total. The molecule has 0 amide bonds. The zero-order valence-corrected chi connectivity index (χ0v) is 11.6. The van der Waals surface area contributed by atoms with Crippen LogP contribution in [-0.2, 0) is 0 Å². The van der Waals surface area contributed by atoms with E-state index in [2.05, 4.69) is 17.3 Å². The molecular formula is C15H30N2. The highest BCUT2D eigenvalue weighted by atomic mass is 15.1. The van der Waals surface area contributed by atoms with Crippen LogP contribution in [0, 0.1) is 5.92 Å². The minimum Gasteiger partial charge on any atom is -0.316 e. The van der Waals surface area contributed by atoms with E-state index in [9.17, 15) is 0 Å². The molecule has 1 saturated heterocycles. The van der Waals surface area contributed by atoms with Gasteiger partial charge in [-0.1, -0.05) is 25.7 Å². The molecule has 0 radical (unpaired) electrons. The zero-order chi connectivity index (χ0) is 11.9. The van der Waals surface area contributed by atoms with Crippen molar-refractivity contribution in [2.45, 2.75) is 63.8 Å². The summed E-state index contributed by atoms with van der Waals surface area (Å²) >= 11 is 0. The standard InChI is InChI=1S/C15H30N2/c1-17(15-8-4-2-3-5-9-15)12-6-7-14-10-11-16-13-14/h14-16H,2-13H2,1H3. The van der Waals surface area contributed by atoms with Crippen LogP contribution in [0.25, 0.3) is 0 Å². The van der Waals surface area contributed by atoms with Gasteiger partial charge in [0.15, 0.2) is 0 Å². The molecule has 100 valence electrons. The lowest BCUT2D eigenvalue weighted by Crippen LogP contribution is -2.32. The Labute approximate surface area is 107 Å². The SMILES string of the molecule is CN(CCCC1CCNC1)C1CCCCCC1. The normalized spacial score (nSPS) is 27.5. The zero-order valence-electron chi connectivity index (χ0n) is 11.6. The second-order valence-electron chi connectivity index (χ2n) is 6.13. The Balaban J connectivity index is 1.60. The molecule has 17 heavy (non-hydrogen) atoms. The molecule has 2 fully saturated rings. The largest absolute Gasteiger partial charge is 0.316 e. The number of hydrogen-bond acceptors (Lipinski definition) is 2. The average molecular weight is 238 g/mol. The fraction of sp³-hybridized carbons (Fsp3) is 1.00. The first-order chi connectivity index (χ1) is 8.36. The van der Waals surface area contributed by atoms with E-state index in [0.29, 0.717) is 0 Å². The van der Waals surface area contributed by atoms with Crippen molar-refractivity contribution >= 4 is 0 Å². The van der Waals surface area contributed by atoms with E-state index in [1.807, 2.05) is 0 Å². The van der Waals surface area contributed by atoms with E-state index in [1.54, 1.807) is 0 Å². The van der Waals surface area contributed by atoms with E-state index in [0.717, 1.165) is 12.0 Å². The second kappa shape index (κ2) is 7.38. The maximum absolute atomic E-state index is 3.47. The van der Waals surface area contributed by atoms with E-state index in [1.165, 1.54) is 77.4 Å². The van der Waals surface area contributed by atoms with Gasteiger partial charge in [0.05, 0.1) is 0 Å². The third-order valence-electron chi connectivity index (χ3n) is 4.73. The van der Waals surface area contributed by atoms with Crippen molar-refractivity contribution < 1.29 is 0 Å². The summed E-state index contributed by atoms with van der Waals surface area (Å²) in [5, 5.41) is 3.47. The number of nitrogens with zero attached hydrogens (tertiary/aromatic N) is 1. The van der Waals surface area contributed by atoms with Crippen LogP contribution in [0.1, 0.15) is 57.8 Å². The third kappa shape index (κ3) is 4.59. The van der Waals surface area contributed by atoms with Crippen molar-refractivity contribution in [2.75, 3.05) is 26.7 Å². The molecular weight excluding hydrogens is 208 g/mol. The Hall–Kier alpha value is -0.0800. The first kappa shape index (κ1) is 13.4. The maximum atomic E-state index is 3.47. The molecule has 0 spiro atoms. The van der Waals surface area contributed by atoms with Crippen LogP contribution in [0.4, 0.5) is 0 Å². The van der Waals surface area contributed by atoms with Gasteiger partial charge < -0.3 is 10.2 Å². The molecule has 2 nitrogen and oxygen atoms in total. The lowest BCUT2D eigenvalue weighted by Gasteiger charge is -2.27. The van der Waals surface area contributed by atoms with Crippen LogP contribution in [-0.4, -0.2) is 37.6 Å². The van der Waals surface area contributed by atoms with Gasteiger partial charge in [0, 0.05) is 6.04 Å². The Morgan fingerprint density at radius 3 is 2.47 bits per heavy atom. The Morgan fingerprint density at radius 1 is 1.06 bits per heavy atom. The topological polar surface area (TPSA) is 15.3 Å². The predicted octanol–water partition coefficient (Wildman–Crippen LogP) is 3.03. The number of nitrogens with one attached hydrogen (secondary N) is 1.